The molecule has 0 amide bonds. The number of hydrazone groups is 1. The van der Waals surface area contributed by atoms with Crippen LogP contribution in [0.2, 0.25) is 0 Å². The van der Waals surface area contributed by atoms with E-state index in [4.69, 9.17) is 9.84 Å². The molecule has 0 radical (unpaired) electrons. The van der Waals surface area contributed by atoms with Crippen LogP contribution in [0.25, 0.3) is 0 Å². The number of benzene rings is 2. The highest BCUT2D eigenvalue weighted by atomic mass is 19.4. The lowest BCUT2D eigenvalue weighted by atomic mass is 10.0. The van der Waals surface area contributed by atoms with E-state index in [-0.39, 0.29) is 6.42 Å². The number of anilines is 1. The monoisotopic (exact) mass is 434 g/mol. The fourth-order valence-corrected chi connectivity index (χ4v) is 2.84. The smallest absolute Gasteiger partial charge is 0.416 e. The quantitative estimate of drug-likeness (QED) is 0.378. The number of aryl methyl sites for hydroxylation is 2. The zero-order valence-corrected chi connectivity index (χ0v) is 17.4. The van der Waals surface area contributed by atoms with Gasteiger partial charge in [0.2, 0.25) is 0 Å². The molecule has 31 heavy (non-hydrogen) atoms. The highest BCUT2D eigenvalue weighted by Gasteiger charge is 2.30. The Hall–Kier alpha value is -3.29. The molecule has 8 heteroatoms. The number of nitrogens with zero attached hydrogens (tertiary/aromatic N) is 2. The van der Waals surface area contributed by atoms with Gasteiger partial charge < -0.3 is 9.84 Å². The number of halogens is 3. The summed E-state index contributed by atoms with van der Waals surface area (Å²) in [4.78, 5) is 10.7. The number of hydrogen-bond acceptors (Lipinski definition) is 4. The Bertz CT molecular complexity index is 938. The summed E-state index contributed by atoms with van der Waals surface area (Å²) in [5.41, 5.74) is 2.39. The fraction of sp³-hybridized carbons (Fsp3) is 0.304. The number of aliphatic carboxylic acids is 1. The summed E-state index contributed by atoms with van der Waals surface area (Å²) < 4.78 is 43.9. The standard InChI is InChI=1S/C23H25F3N2O3/c1-4-28(20-9-7-19(8-10-20)23(24,25)26)27-17(3)13-14-31-21-11-5-18(16(2)15-21)6-12-22(29)30/h4-5,7-11,15H,1,6,12-14H2,2-3H3,(H,29,30)/b27-17-. The van der Waals surface area contributed by atoms with Crippen LogP contribution in [-0.2, 0) is 17.4 Å². The minimum atomic E-state index is -4.39. The molecular formula is C23H25F3N2O3. The Morgan fingerprint density at radius 3 is 2.42 bits per heavy atom. The van der Waals surface area contributed by atoms with E-state index in [2.05, 4.69) is 11.7 Å². The summed E-state index contributed by atoms with van der Waals surface area (Å²) in [5, 5.41) is 14.6. The van der Waals surface area contributed by atoms with Crippen molar-refractivity contribution in [2.24, 2.45) is 5.10 Å². The summed E-state index contributed by atoms with van der Waals surface area (Å²) in [6, 6.07) is 10.2. The first-order chi connectivity index (χ1) is 14.6. The maximum absolute atomic E-state index is 12.7. The SMILES string of the molecule is C=CN(/N=C(/C)CCOc1ccc(CCC(=O)O)c(C)c1)c1ccc(C(F)(F)F)cc1. The van der Waals surface area contributed by atoms with Crippen LogP contribution in [0, 0.1) is 6.92 Å². The third-order valence-electron chi connectivity index (χ3n) is 4.57. The second kappa shape index (κ2) is 10.7. The molecule has 0 saturated carbocycles. The van der Waals surface area contributed by atoms with Crippen molar-refractivity contribution in [3.8, 4) is 5.75 Å². The summed E-state index contributed by atoms with van der Waals surface area (Å²) in [7, 11) is 0. The van der Waals surface area contributed by atoms with Crippen molar-refractivity contribution < 1.29 is 27.8 Å². The number of ether oxygens (including phenoxy) is 1. The van der Waals surface area contributed by atoms with Crippen LogP contribution >= 0.6 is 0 Å². The molecule has 0 aromatic heterocycles. The molecule has 2 aromatic rings. The molecule has 0 unspecified atom stereocenters. The van der Waals surface area contributed by atoms with Crippen LogP contribution < -0.4 is 9.75 Å². The van der Waals surface area contributed by atoms with Crippen molar-refractivity contribution in [1.29, 1.82) is 0 Å². The average molecular weight is 434 g/mol. The lowest BCUT2D eigenvalue weighted by Gasteiger charge is -2.17. The van der Waals surface area contributed by atoms with Crippen molar-refractivity contribution in [1.82, 2.24) is 0 Å². The van der Waals surface area contributed by atoms with Crippen molar-refractivity contribution in [2.75, 3.05) is 11.6 Å². The average Bonchev–Trinajstić information content (AvgIpc) is 2.70. The predicted octanol–water partition coefficient (Wildman–Crippen LogP) is 5.83. The van der Waals surface area contributed by atoms with Crippen LogP contribution in [0.1, 0.15) is 36.5 Å². The Morgan fingerprint density at radius 2 is 1.87 bits per heavy atom. The molecule has 0 aliphatic rings. The minimum Gasteiger partial charge on any atom is -0.493 e. The van der Waals surface area contributed by atoms with Gasteiger partial charge in [-0.1, -0.05) is 12.6 Å². The van der Waals surface area contributed by atoms with E-state index in [0.29, 0.717) is 30.9 Å². The van der Waals surface area contributed by atoms with E-state index in [1.54, 1.807) is 13.0 Å². The van der Waals surface area contributed by atoms with Crippen molar-refractivity contribution in [3.63, 3.8) is 0 Å². The van der Waals surface area contributed by atoms with Gasteiger partial charge in [-0.3, -0.25) is 4.79 Å². The van der Waals surface area contributed by atoms with Crippen molar-refractivity contribution in [2.45, 2.75) is 39.3 Å². The van der Waals surface area contributed by atoms with Gasteiger partial charge in [0, 0.05) is 24.8 Å². The summed E-state index contributed by atoms with van der Waals surface area (Å²) >= 11 is 0. The van der Waals surface area contributed by atoms with Gasteiger partial charge in [0.05, 0.1) is 17.9 Å². The highest BCUT2D eigenvalue weighted by molar-refractivity contribution is 5.83. The number of carboxylic acids is 1. The van der Waals surface area contributed by atoms with Crippen LogP contribution in [0.15, 0.2) is 60.3 Å². The molecule has 0 heterocycles. The van der Waals surface area contributed by atoms with E-state index in [1.165, 1.54) is 23.3 Å². The number of rotatable bonds is 10. The number of carboxylic acid groups (broad SMARTS) is 1. The van der Waals surface area contributed by atoms with E-state index in [1.807, 2.05) is 19.1 Å². The zero-order chi connectivity index (χ0) is 23.0. The van der Waals surface area contributed by atoms with E-state index in [0.717, 1.165) is 29.0 Å². The fourth-order valence-electron chi connectivity index (χ4n) is 2.84. The first kappa shape index (κ1) is 24.0. The van der Waals surface area contributed by atoms with Gasteiger partial charge in [-0.2, -0.15) is 18.3 Å². The second-order valence-electron chi connectivity index (χ2n) is 6.99. The maximum atomic E-state index is 12.7. The minimum absolute atomic E-state index is 0.0788. The molecular weight excluding hydrogens is 409 g/mol. The largest absolute Gasteiger partial charge is 0.493 e. The van der Waals surface area contributed by atoms with Crippen molar-refractivity contribution >= 4 is 17.4 Å². The van der Waals surface area contributed by atoms with Gasteiger partial charge in [-0.25, -0.2) is 5.01 Å². The van der Waals surface area contributed by atoms with Gasteiger partial charge in [-0.05, 0) is 67.8 Å². The van der Waals surface area contributed by atoms with E-state index >= 15 is 0 Å². The van der Waals surface area contributed by atoms with Gasteiger partial charge in [-0.15, -0.1) is 0 Å². The number of alkyl halides is 3. The molecule has 0 fully saturated rings. The Kier molecular flexibility index (Phi) is 8.24. The highest BCUT2D eigenvalue weighted by Crippen LogP contribution is 2.30. The molecule has 2 aromatic carbocycles. The van der Waals surface area contributed by atoms with Crippen LogP contribution in [-0.4, -0.2) is 23.4 Å². The molecule has 5 nitrogen and oxygen atoms in total. The molecule has 1 N–H and O–H groups in total. The van der Waals surface area contributed by atoms with E-state index < -0.39 is 17.7 Å². The Morgan fingerprint density at radius 1 is 1.19 bits per heavy atom. The van der Waals surface area contributed by atoms with Crippen LogP contribution in [0.4, 0.5) is 18.9 Å². The molecule has 0 spiro atoms. The molecule has 166 valence electrons. The normalized spacial score (nSPS) is 11.8. The van der Waals surface area contributed by atoms with E-state index in [9.17, 15) is 18.0 Å². The lowest BCUT2D eigenvalue weighted by molar-refractivity contribution is -0.138. The Labute approximate surface area is 179 Å². The van der Waals surface area contributed by atoms with Crippen molar-refractivity contribution in [3.05, 3.63) is 71.9 Å². The molecule has 2 rings (SSSR count). The first-order valence-electron chi connectivity index (χ1n) is 9.67. The molecule has 0 aliphatic carbocycles. The second-order valence-corrected chi connectivity index (χ2v) is 6.99. The third kappa shape index (κ3) is 7.47. The number of hydrogen-bond donors (Lipinski definition) is 1. The lowest BCUT2D eigenvalue weighted by Crippen LogP contribution is -2.13. The van der Waals surface area contributed by atoms with Gasteiger partial charge in [0.25, 0.3) is 0 Å². The maximum Gasteiger partial charge on any atom is 0.416 e. The Balaban J connectivity index is 1.93. The molecule has 0 atom stereocenters. The predicted molar refractivity (Wildman–Crippen MR) is 114 cm³/mol. The van der Waals surface area contributed by atoms with Gasteiger partial charge in [0.15, 0.2) is 0 Å². The number of carbonyl (C=O) groups is 1. The molecule has 0 aliphatic heterocycles. The van der Waals surface area contributed by atoms with Crippen LogP contribution in [0.5, 0.6) is 5.75 Å². The van der Waals surface area contributed by atoms with Gasteiger partial charge in [0.1, 0.15) is 5.75 Å². The zero-order valence-electron chi connectivity index (χ0n) is 17.4. The van der Waals surface area contributed by atoms with Crippen LogP contribution in [0.3, 0.4) is 0 Å². The molecule has 0 bridgehead atoms. The summed E-state index contributed by atoms with van der Waals surface area (Å²) in [6.45, 7) is 7.73. The first-order valence-corrected chi connectivity index (χ1v) is 9.67. The third-order valence-corrected chi connectivity index (χ3v) is 4.57. The summed E-state index contributed by atoms with van der Waals surface area (Å²) in [5.74, 6) is -0.160. The topological polar surface area (TPSA) is 62.1 Å². The summed E-state index contributed by atoms with van der Waals surface area (Å²) in [6.07, 6.45) is -1.91. The van der Waals surface area contributed by atoms with Gasteiger partial charge >= 0.3 is 12.1 Å². The molecule has 0 saturated heterocycles.